The van der Waals surface area contributed by atoms with E-state index >= 15 is 0 Å². The molecule has 1 aliphatic heterocycles. The van der Waals surface area contributed by atoms with Gasteiger partial charge in [-0.1, -0.05) is 18.2 Å². The Morgan fingerprint density at radius 3 is 2.20 bits per heavy atom. The summed E-state index contributed by atoms with van der Waals surface area (Å²) in [6.45, 7) is 2.17. The fourth-order valence-corrected chi connectivity index (χ4v) is 4.64. The maximum absolute atomic E-state index is 10.6. The first-order valence-electron chi connectivity index (χ1n) is 11.5. The first kappa shape index (κ1) is 30.6. The van der Waals surface area contributed by atoms with Gasteiger partial charge in [0.1, 0.15) is 0 Å². The van der Waals surface area contributed by atoms with Crippen LogP contribution >= 0.6 is 11.3 Å². The number of alkyl halides is 6. The van der Waals surface area contributed by atoms with Crippen molar-refractivity contribution in [1.29, 1.82) is 0 Å². The summed E-state index contributed by atoms with van der Waals surface area (Å²) in [5.74, 6) is -5.51. The third-order valence-electron chi connectivity index (χ3n) is 5.66. The van der Waals surface area contributed by atoms with Crippen molar-refractivity contribution >= 4 is 28.8 Å². The Hall–Kier alpha value is -3.98. The van der Waals surface area contributed by atoms with Gasteiger partial charge in [-0.2, -0.15) is 26.3 Å². The van der Waals surface area contributed by atoms with E-state index in [1.54, 1.807) is 6.20 Å². The summed E-state index contributed by atoms with van der Waals surface area (Å²) in [6, 6.07) is 13.2. The third-order valence-corrected chi connectivity index (χ3v) is 6.52. The van der Waals surface area contributed by atoms with E-state index in [0.717, 1.165) is 24.2 Å². The van der Waals surface area contributed by atoms with E-state index in [4.69, 9.17) is 24.8 Å². The highest BCUT2D eigenvalue weighted by Gasteiger charge is 2.39. The lowest BCUT2D eigenvalue weighted by molar-refractivity contribution is -0.193. The number of carboxylic acid groups (broad SMARTS) is 2. The average molecular weight is 589 g/mol. The molecule has 4 aromatic heterocycles. The first-order chi connectivity index (χ1) is 18.8. The lowest BCUT2D eigenvalue weighted by atomic mass is 10.1. The van der Waals surface area contributed by atoms with E-state index in [9.17, 15) is 26.3 Å². The minimum absolute atomic E-state index is 0.409. The number of carboxylic acids is 2. The molecule has 0 aromatic carbocycles. The summed E-state index contributed by atoms with van der Waals surface area (Å²) >= 11 is 1.84. The van der Waals surface area contributed by atoms with Gasteiger partial charge in [0.25, 0.3) is 0 Å². The monoisotopic (exact) mass is 588 g/mol. The second-order valence-electron chi connectivity index (χ2n) is 8.40. The van der Waals surface area contributed by atoms with Crippen LogP contribution in [0.5, 0.6) is 0 Å². The fourth-order valence-electron chi connectivity index (χ4n) is 3.91. The zero-order valence-corrected chi connectivity index (χ0v) is 21.2. The lowest BCUT2D eigenvalue weighted by Gasteiger charge is -2.22. The van der Waals surface area contributed by atoms with Crippen LogP contribution < -0.4 is 0 Å². The molecule has 1 unspecified atom stereocenters. The molecule has 1 fully saturated rings. The van der Waals surface area contributed by atoms with Gasteiger partial charge in [0.15, 0.2) is 0 Å². The van der Waals surface area contributed by atoms with Crippen LogP contribution in [0.15, 0.2) is 66.7 Å². The number of likely N-dealkylation sites (tertiary alicyclic amines) is 1. The summed E-state index contributed by atoms with van der Waals surface area (Å²) in [7, 11) is 0. The number of thiophene rings is 1. The molecule has 0 spiro atoms. The average Bonchev–Trinajstić information content (AvgIpc) is 3.65. The Balaban J connectivity index is 0.000000263. The SMILES string of the molecule is O=C(O)C(F)(F)F.O=C(O)C(F)(F)F.c1cncc(-c2ccc3c(C4CCCN4Cc4cccs4)ncn3c2)c1. The highest BCUT2D eigenvalue weighted by molar-refractivity contribution is 7.09. The fraction of sp³-hybridized carbons (Fsp3) is 0.280. The summed E-state index contributed by atoms with van der Waals surface area (Å²) in [5.41, 5.74) is 4.71. The number of hydrogen-bond donors (Lipinski definition) is 2. The van der Waals surface area contributed by atoms with Crippen molar-refractivity contribution < 1.29 is 46.1 Å². The van der Waals surface area contributed by atoms with Gasteiger partial charge in [0, 0.05) is 35.6 Å². The Morgan fingerprint density at radius 2 is 1.65 bits per heavy atom. The molecule has 4 aromatic rings. The Kier molecular flexibility index (Phi) is 9.87. The van der Waals surface area contributed by atoms with E-state index in [-0.39, 0.29) is 0 Å². The molecule has 1 atom stereocenters. The molecule has 1 aliphatic rings. The Bertz CT molecular complexity index is 1380. The van der Waals surface area contributed by atoms with Crippen LogP contribution in [0, 0.1) is 0 Å². The van der Waals surface area contributed by atoms with E-state index in [2.05, 4.69) is 56.2 Å². The number of pyridine rings is 2. The molecule has 0 bridgehead atoms. The van der Waals surface area contributed by atoms with Crippen LogP contribution in [0.25, 0.3) is 16.6 Å². The molecule has 2 N–H and O–H groups in total. The molecule has 0 radical (unpaired) electrons. The molecular formula is C25H22F6N4O4S. The van der Waals surface area contributed by atoms with E-state index < -0.39 is 24.3 Å². The number of aromatic nitrogens is 3. The van der Waals surface area contributed by atoms with Crippen molar-refractivity contribution in [3.05, 3.63) is 77.3 Å². The molecule has 0 saturated carbocycles. The summed E-state index contributed by atoms with van der Waals surface area (Å²) in [6.07, 6.45) is 0.0667. The van der Waals surface area contributed by atoms with Crippen LogP contribution in [0.2, 0.25) is 0 Å². The lowest BCUT2D eigenvalue weighted by Crippen LogP contribution is -2.22. The minimum Gasteiger partial charge on any atom is -0.475 e. The predicted molar refractivity (Wildman–Crippen MR) is 133 cm³/mol. The Labute approximate surface area is 227 Å². The van der Waals surface area contributed by atoms with Gasteiger partial charge >= 0.3 is 24.3 Å². The number of rotatable bonds is 4. The number of halogens is 6. The first-order valence-corrected chi connectivity index (χ1v) is 12.4. The highest BCUT2D eigenvalue weighted by atomic mass is 32.1. The van der Waals surface area contributed by atoms with Crippen LogP contribution in [0.4, 0.5) is 26.3 Å². The van der Waals surface area contributed by atoms with E-state index in [1.807, 2.05) is 29.9 Å². The summed E-state index contributed by atoms with van der Waals surface area (Å²) < 4.78 is 65.6. The van der Waals surface area contributed by atoms with Crippen molar-refractivity contribution in [1.82, 2.24) is 19.3 Å². The standard InChI is InChI=1S/C21H20N4S.2C2HF3O2/c1-4-16(12-22-9-1)17-7-8-20-21(23-15-25(20)13-17)19-6-2-10-24(19)14-18-5-3-11-26-18;2*3-2(4,5)1(6)7/h1,3-5,7-9,11-13,15,19H,2,6,10,14H2;2*(H,6,7). The van der Waals surface area contributed by atoms with Gasteiger partial charge in [-0.3, -0.25) is 9.88 Å². The molecule has 5 heterocycles. The highest BCUT2D eigenvalue weighted by Crippen LogP contribution is 2.35. The van der Waals surface area contributed by atoms with Crippen LogP contribution in [0.1, 0.15) is 29.5 Å². The predicted octanol–water partition coefficient (Wildman–Crippen LogP) is 6.06. The van der Waals surface area contributed by atoms with Gasteiger partial charge < -0.3 is 14.6 Å². The molecule has 5 rings (SSSR count). The van der Waals surface area contributed by atoms with Gasteiger partial charge in [-0.05, 0) is 48.5 Å². The van der Waals surface area contributed by atoms with Crippen molar-refractivity contribution in [3.8, 4) is 11.1 Å². The van der Waals surface area contributed by atoms with Crippen LogP contribution in [0.3, 0.4) is 0 Å². The van der Waals surface area contributed by atoms with Crippen molar-refractivity contribution in [2.45, 2.75) is 37.8 Å². The van der Waals surface area contributed by atoms with E-state index in [0.29, 0.717) is 6.04 Å². The van der Waals surface area contributed by atoms with Crippen LogP contribution in [-0.4, -0.2) is 60.3 Å². The Morgan fingerprint density at radius 1 is 0.975 bits per heavy atom. The number of fused-ring (bicyclic) bond motifs is 1. The normalized spacial score (nSPS) is 15.6. The van der Waals surface area contributed by atoms with Crippen LogP contribution in [-0.2, 0) is 16.1 Å². The topological polar surface area (TPSA) is 108 Å². The second-order valence-corrected chi connectivity index (χ2v) is 9.43. The molecular weight excluding hydrogens is 566 g/mol. The molecule has 15 heteroatoms. The molecule has 214 valence electrons. The number of aliphatic carboxylic acids is 2. The molecule has 40 heavy (non-hydrogen) atoms. The molecule has 1 saturated heterocycles. The van der Waals surface area contributed by atoms with Gasteiger partial charge in [0.2, 0.25) is 0 Å². The largest absolute Gasteiger partial charge is 0.490 e. The smallest absolute Gasteiger partial charge is 0.475 e. The van der Waals surface area contributed by atoms with Gasteiger partial charge in [-0.15, -0.1) is 11.3 Å². The van der Waals surface area contributed by atoms with Gasteiger partial charge in [0.05, 0.1) is 23.6 Å². The molecule has 8 nitrogen and oxygen atoms in total. The van der Waals surface area contributed by atoms with Crippen molar-refractivity contribution in [2.75, 3.05) is 6.54 Å². The zero-order valence-electron chi connectivity index (χ0n) is 20.4. The quantitative estimate of drug-likeness (QED) is 0.279. The second kappa shape index (κ2) is 12.9. The zero-order chi connectivity index (χ0) is 29.5. The maximum Gasteiger partial charge on any atom is 0.490 e. The van der Waals surface area contributed by atoms with Gasteiger partial charge in [-0.25, -0.2) is 14.6 Å². The number of imidazole rings is 1. The summed E-state index contributed by atoms with van der Waals surface area (Å²) in [4.78, 5) is 30.8. The number of nitrogens with zero attached hydrogens (tertiary/aromatic N) is 4. The van der Waals surface area contributed by atoms with Crippen molar-refractivity contribution in [3.63, 3.8) is 0 Å². The maximum atomic E-state index is 10.6. The summed E-state index contributed by atoms with van der Waals surface area (Å²) in [5, 5.41) is 16.4. The van der Waals surface area contributed by atoms with Crippen molar-refractivity contribution in [2.24, 2.45) is 0 Å². The number of hydrogen-bond acceptors (Lipinski definition) is 6. The molecule has 0 aliphatic carbocycles. The van der Waals surface area contributed by atoms with E-state index in [1.165, 1.54) is 28.9 Å². The third kappa shape index (κ3) is 8.26. The molecule has 0 amide bonds. The number of carbonyl (C=O) groups is 2. The minimum atomic E-state index is -5.08.